The summed E-state index contributed by atoms with van der Waals surface area (Å²) in [5.74, 6) is -0.472. The smallest absolute Gasteiger partial charge is 0.328 e. The molecule has 1 aromatic carbocycles. The average Bonchev–Trinajstić information content (AvgIpc) is 2.42. The molecule has 19 heavy (non-hydrogen) atoms. The van der Waals surface area contributed by atoms with Crippen molar-refractivity contribution in [3.05, 3.63) is 35.9 Å². The van der Waals surface area contributed by atoms with Gasteiger partial charge in [0.2, 0.25) is 0 Å². The van der Waals surface area contributed by atoms with Crippen LogP contribution in [0.15, 0.2) is 30.3 Å². The van der Waals surface area contributed by atoms with Crippen molar-refractivity contribution in [2.45, 2.75) is 26.4 Å². The average molecular weight is 264 g/mol. The second-order valence-electron chi connectivity index (χ2n) is 4.56. The van der Waals surface area contributed by atoms with Gasteiger partial charge in [-0.1, -0.05) is 44.2 Å². The van der Waals surface area contributed by atoms with E-state index in [1.54, 1.807) is 0 Å². The molecule has 0 bridgehead atoms. The Morgan fingerprint density at radius 2 is 1.84 bits per heavy atom. The van der Waals surface area contributed by atoms with Gasteiger partial charge >= 0.3 is 12.0 Å². The zero-order chi connectivity index (χ0) is 14.3. The molecule has 5 heteroatoms. The van der Waals surface area contributed by atoms with E-state index in [4.69, 9.17) is 0 Å². The molecule has 2 N–H and O–H groups in total. The molecule has 0 aromatic heterocycles. The molecule has 0 saturated heterocycles. The molecule has 0 aliphatic rings. The van der Waals surface area contributed by atoms with Crippen molar-refractivity contribution >= 4 is 12.0 Å². The van der Waals surface area contributed by atoms with E-state index < -0.39 is 12.0 Å². The van der Waals surface area contributed by atoms with Crippen LogP contribution in [0.3, 0.4) is 0 Å². The molecule has 2 amide bonds. The molecule has 0 heterocycles. The molecule has 0 radical (unpaired) electrons. The highest BCUT2D eigenvalue weighted by atomic mass is 16.5. The fourth-order valence-electron chi connectivity index (χ4n) is 1.60. The van der Waals surface area contributed by atoms with E-state index in [0.29, 0.717) is 6.54 Å². The number of nitrogens with one attached hydrogen (secondary N) is 2. The van der Waals surface area contributed by atoms with E-state index in [2.05, 4.69) is 15.4 Å². The maximum atomic E-state index is 11.7. The molecule has 1 rings (SSSR count). The molecule has 0 spiro atoms. The van der Waals surface area contributed by atoms with Gasteiger partial charge in [0, 0.05) is 6.54 Å². The number of methoxy groups -OCH3 is 1. The number of urea groups is 1. The molecule has 0 fully saturated rings. The molecule has 0 aliphatic carbocycles. The van der Waals surface area contributed by atoms with Crippen LogP contribution in [0.4, 0.5) is 4.79 Å². The minimum atomic E-state index is -0.638. The zero-order valence-corrected chi connectivity index (χ0v) is 11.5. The number of hydrogen-bond acceptors (Lipinski definition) is 3. The Balaban J connectivity index is 2.47. The maximum Gasteiger partial charge on any atom is 0.328 e. The fraction of sp³-hybridized carbons (Fsp3) is 0.429. The third-order valence-electron chi connectivity index (χ3n) is 2.70. The van der Waals surface area contributed by atoms with Gasteiger partial charge in [-0.3, -0.25) is 0 Å². The van der Waals surface area contributed by atoms with Crippen molar-refractivity contribution in [1.29, 1.82) is 0 Å². The lowest BCUT2D eigenvalue weighted by molar-refractivity contribution is -0.143. The van der Waals surface area contributed by atoms with Crippen LogP contribution in [0.25, 0.3) is 0 Å². The van der Waals surface area contributed by atoms with Gasteiger partial charge in [0.25, 0.3) is 0 Å². The quantitative estimate of drug-likeness (QED) is 0.795. The van der Waals surface area contributed by atoms with E-state index in [0.717, 1.165) is 5.56 Å². The standard InChI is InChI=1S/C14H20N2O3/c1-10(2)12(13(17)19-3)16-14(18)15-9-11-7-5-4-6-8-11/h4-8,10,12H,9H2,1-3H3,(H2,15,16,18)/t12-/m0/s1. The third kappa shape index (κ3) is 4.99. The Labute approximate surface area is 113 Å². The van der Waals surface area contributed by atoms with Crippen LogP contribution in [-0.4, -0.2) is 25.2 Å². The summed E-state index contributed by atoms with van der Waals surface area (Å²) in [6.45, 7) is 4.11. The minimum absolute atomic E-state index is 0.0325. The van der Waals surface area contributed by atoms with Gasteiger partial charge in [0.05, 0.1) is 7.11 Å². The van der Waals surface area contributed by atoms with Crippen LogP contribution in [0.1, 0.15) is 19.4 Å². The van der Waals surface area contributed by atoms with E-state index in [1.807, 2.05) is 44.2 Å². The monoisotopic (exact) mass is 264 g/mol. The number of esters is 1. The largest absolute Gasteiger partial charge is 0.467 e. The first-order valence-electron chi connectivity index (χ1n) is 6.20. The van der Waals surface area contributed by atoms with Crippen LogP contribution < -0.4 is 10.6 Å². The summed E-state index contributed by atoms with van der Waals surface area (Å²) >= 11 is 0. The summed E-state index contributed by atoms with van der Waals surface area (Å²) in [6, 6.07) is 8.53. The Morgan fingerprint density at radius 3 is 2.37 bits per heavy atom. The van der Waals surface area contributed by atoms with Gasteiger partial charge in [0.1, 0.15) is 6.04 Å². The van der Waals surface area contributed by atoms with Gasteiger partial charge in [0.15, 0.2) is 0 Å². The molecule has 0 unspecified atom stereocenters. The first kappa shape index (κ1) is 15.0. The maximum absolute atomic E-state index is 11.7. The van der Waals surface area contributed by atoms with Crippen molar-refractivity contribution in [2.24, 2.45) is 5.92 Å². The highest BCUT2D eigenvalue weighted by Crippen LogP contribution is 2.03. The summed E-state index contributed by atoms with van der Waals surface area (Å²) in [5, 5.41) is 5.32. The van der Waals surface area contributed by atoms with E-state index in [1.165, 1.54) is 7.11 Å². The topological polar surface area (TPSA) is 67.4 Å². The highest BCUT2D eigenvalue weighted by Gasteiger charge is 2.24. The van der Waals surface area contributed by atoms with Crippen LogP contribution in [-0.2, 0) is 16.1 Å². The second kappa shape index (κ2) is 7.41. The van der Waals surface area contributed by atoms with Gasteiger partial charge in [-0.15, -0.1) is 0 Å². The zero-order valence-electron chi connectivity index (χ0n) is 11.5. The third-order valence-corrected chi connectivity index (χ3v) is 2.70. The Hall–Kier alpha value is -2.04. The van der Waals surface area contributed by atoms with Gasteiger partial charge in [-0.25, -0.2) is 9.59 Å². The summed E-state index contributed by atoms with van der Waals surface area (Å²) < 4.78 is 4.66. The molecule has 1 atom stereocenters. The first-order valence-corrected chi connectivity index (χ1v) is 6.20. The van der Waals surface area contributed by atoms with Crippen LogP contribution in [0.5, 0.6) is 0 Å². The van der Waals surface area contributed by atoms with Crippen molar-refractivity contribution in [2.75, 3.05) is 7.11 Å². The Bertz CT molecular complexity index is 418. The second-order valence-corrected chi connectivity index (χ2v) is 4.56. The van der Waals surface area contributed by atoms with Crippen LogP contribution in [0.2, 0.25) is 0 Å². The summed E-state index contributed by atoms with van der Waals surface area (Å²) in [6.07, 6.45) is 0. The summed E-state index contributed by atoms with van der Waals surface area (Å²) in [7, 11) is 1.31. The van der Waals surface area contributed by atoms with E-state index in [9.17, 15) is 9.59 Å². The molecule has 0 aliphatic heterocycles. The molecular formula is C14H20N2O3. The molecule has 1 aromatic rings. The lowest BCUT2D eigenvalue weighted by Gasteiger charge is -2.20. The van der Waals surface area contributed by atoms with Gasteiger partial charge < -0.3 is 15.4 Å². The number of amides is 2. The lowest BCUT2D eigenvalue weighted by atomic mass is 10.1. The molecule has 0 saturated carbocycles. The van der Waals surface area contributed by atoms with Crippen LogP contribution in [0, 0.1) is 5.92 Å². The Kier molecular flexibility index (Phi) is 5.85. The minimum Gasteiger partial charge on any atom is -0.467 e. The first-order chi connectivity index (χ1) is 9.04. The van der Waals surface area contributed by atoms with Crippen LogP contribution >= 0.6 is 0 Å². The van der Waals surface area contributed by atoms with Crippen molar-refractivity contribution in [1.82, 2.24) is 10.6 Å². The number of ether oxygens (including phenoxy) is 1. The Morgan fingerprint density at radius 1 is 1.21 bits per heavy atom. The number of hydrogen-bond donors (Lipinski definition) is 2. The van der Waals surface area contributed by atoms with Gasteiger partial charge in [-0.2, -0.15) is 0 Å². The molecule has 104 valence electrons. The predicted molar refractivity (Wildman–Crippen MR) is 72.5 cm³/mol. The number of benzene rings is 1. The predicted octanol–water partition coefficient (Wildman–Crippen LogP) is 1.68. The number of carbonyl (C=O) groups excluding carboxylic acids is 2. The number of rotatable bonds is 5. The molecular weight excluding hydrogens is 244 g/mol. The van der Waals surface area contributed by atoms with Gasteiger partial charge in [-0.05, 0) is 11.5 Å². The summed E-state index contributed by atoms with van der Waals surface area (Å²) in [5.41, 5.74) is 0.997. The van der Waals surface area contributed by atoms with Crippen molar-refractivity contribution in [3.63, 3.8) is 0 Å². The van der Waals surface area contributed by atoms with Crippen molar-refractivity contribution in [3.8, 4) is 0 Å². The van der Waals surface area contributed by atoms with E-state index in [-0.39, 0.29) is 11.9 Å². The molecule has 5 nitrogen and oxygen atoms in total. The number of carbonyl (C=O) groups is 2. The van der Waals surface area contributed by atoms with E-state index >= 15 is 0 Å². The van der Waals surface area contributed by atoms with Crippen molar-refractivity contribution < 1.29 is 14.3 Å². The lowest BCUT2D eigenvalue weighted by Crippen LogP contribution is -2.48. The SMILES string of the molecule is COC(=O)[C@@H](NC(=O)NCc1ccccc1)C(C)C. The highest BCUT2D eigenvalue weighted by molar-refractivity contribution is 5.83. The normalized spacial score (nSPS) is 11.8. The fourth-order valence-corrected chi connectivity index (χ4v) is 1.60. The summed E-state index contributed by atoms with van der Waals surface area (Å²) in [4.78, 5) is 23.2.